The summed E-state index contributed by atoms with van der Waals surface area (Å²) in [4.78, 5) is 28.1. The Hall–Kier alpha value is -2.41. The molecule has 0 saturated heterocycles. The average Bonchev–Trinajstić information content (AvgIpc) is 2.83. The molecule has 0 unspecified atom stereocenters. The highest BCUT2D eigenvalue weighted by molar-refractivity contribution is 7.11. The van der Waals surface area contributed by atoms with Gasteiger partial charge in [-0.1, -0.05) is 6.07 Å². The molecule has 7 heteroatoms. The minimum Gasteiger partial charge on any atom is -0.482 e. The third-order valence-corrected chi connectivity index (χ3v) is 4.23. The number of rotatable bonds is 7. The number of hydrogen-bond donors (Lipinski definition) is 2. The quantitative estimate of drug-likeness (QED) is 0.810. The van der Waals surface area contributed by atoms with Gasteiger partial charge in [0.1, 0.15) is 5.75 Å². The molecule has 2 rings (SSSR count). The van der Waals surface area contributed by atoms with E-state index >= 15 is 0 Å². The monoisotopic (exact) mass is 334 g/mol. The Morgan fingerprint density at radius 3 is 2.78 bits per heavy atom. The van der Waals surface area contributed by atoms with E-state index in [1.54, 1.807) is 29.5 Å². The van der Waals surface area contributed by atoms with Crippen molar-refractivity contribution in [2.45, 2.75) is 20.3 Å². The maximum Gasteiger partial charge on any atom is 0.341 e. The summed E-state index contributed by atoms with van der Waals surface area (Å²) < 4.78 is 5.06. The average molecular weight is 334 g/mol. The summed E-state index contributed by atoms with van der Waals surface area (Å²) in [6, 6.07) is 6.46. The highest BCUT2D eigenvalue weighted by atomic mass is 32.1. The standard InChI is InChI=1S/C16H18N2O4S/c1-10-14(23-11(2)18-10)6-7-17-16(21)12-4-3-5-13(8-12)22-9-15(19)20/h3-5,8H,6-7,9H2,1-2H3,(H,17,21)(H,19,20). The van der Waals surface area contributed by atoms with Gasteiger partial charge in [-0.25, -0.2) is 9.78 Å². The van der Waals surface area contributed by atoms with E-state index in [0.717, 1.165) is 17.1 Å². The number of nitrogens with zero attached hydrogens (tertiary/aromatic N) is 1. The number of thiazole rings is 1. The minimum atomic E-state index is -1.06. The molecule has 2 N–H and O–H groups in total. The van der Waals surface area contributed by atoms with Crippen LogP contribution in [0.15, 0.2) is 24.3 Å². The first kappa shape index (κ1) is 17.0. The summed E-state index contributed by atoms with van der Waals surface area (Å²) >= 11 is 1.64. The first-order valence-electron chi connectivity index (χ1n) is 7.11. The molecule has 6 nitrogen and oxygen atoms in total. The van der Waals surface area contributed by atoms with Gasteiger partial charge < -0.3 is 15.2 Å². The van der Waals surface area contributed by atoms with Crippen LogP contribution in [0.4, 0.5) is 0 Å². The molecule has 0 atom stereocenters. The van der Waals surface area contributed by atoms with E-state index in [1.807, 2.05) is 13.8 Å². The number of carbonyl (C=O) groups excluding carboxylic acids is 1. The zero-order valence-electron chi connectivity index (χ0n) is 13.0. The number of benzene rings is 1. The Morgan fingerprint density at radius 1 is 1.35 bits per heavy atom. The number of hydrogen-bond acceptors (Lipinski definition) is 5. The van der Waals surface area contributed by atoms with Crippen molar-refractivity contribution in [2.75, 3.05) is 13.2 Å². The molecule has 1 heterocycles. The van der Waals surface area contributed by atoms with E-state index < -0.39 is 12.6 Å². The second-order valence-corrected chi connectivity index (χ2v) is 6.25. The van der Waals surface area contributed by atoms with Crippen LogP contribution in [0.25, 0.3) is 0 Å². The molecule has 2 aromatic rings. The molecule has 0 spiro atoms. The molecule has 0 fully saturated rings. The fourth-order valence-corrected chi connectivity index (χ4v) is 3.01. The summed E-state index contributed by atoms with van der Waals surface area (Å²) in [7, 11) is 0. The van der Waals surface area contributed by atoms with Crippen LogP contribution in [0, 0.1) is 13.8 Å². The first-order valence-corrected chi connectivity index (χ1v) is 7.93. The van der Waals surface area contributed by atoms with Gasteiger partial charge in [0.05, 0.1) is 10.7 Å². The second kappa shape index (κ2) is 7.73. The predicted molar refractivity (Wildman–Crippen MR) is 87.2 cm³/mol. The Labute approximate surface area is 138 Å². The van der Waals surface area contributed by atoms with E-state index in [2.05, 4.69) is 10.3 Å². The lowest BCUT2D eigenvalue weighted by Crippen LogP contribution is -2.25. The van der Waals surface area contributed by atoms with Crippen LogP contribution < -0.4 is 10.1 Å². The van der Waals surface area contributed by atoms with Crippen molar-refractivity contribution in [3.05, 3.63) is 45.4 Å². The van der Waals surface area contributed by atoms with Gasteiger partial charge in [-0.05, 0) is 32.0 Å². The normalized spacial score (nSPS) is 10.3. The van der Waals surface area contributed by atoms with Crippen molar-refractivity contribution in [3.63, 3.8) is 0 Å². The molecule has 1 aromatic heterocycles. The second-order valence-electron chi connectivity index (χ2n) is 4.96. The summed E-state index contributed by atoms with van der Waals surface area (Å²) in [6.07, 6.45) is 0.734. The van der Waals surface area contributed by atoms with Crippen LogP contribution in [-0.2, 0) is 11.2 Å². The van der Waals surface area contributed by atoms with Gasteiger partial charge in [0, 0.05) is 23.4 Å². The Balaban J connectivity index is 1.89. The van der Waals surface area contributed by atoms with Crippen molar-refractivity contribution in [3.8, 4) is 5.75 Å². The molecule has 0 aliphatic carbocycles. The topological polar surface area (TPSA) is 88.5 Å². The zero-order valence-corrected chi connectivity index (χ0v) is 13.8. The predicted octanol–water partition coefficient (Wildman–Crippen LogP) is 2.20. The fourth-order valence-electron chi connectivity index (χ4n) is 2.07. The van der Waals surface area contributed by atoms with Crippen LogP contribution in [0.1, 0.15) is 25.9 Å². The van der Waals surface area contributed by atoms with Gasteiger partial charge in [0.2, 0.25) is 0 Å². The number of amides is 1. The summed E-state index contributed by atoms with van der Waals surface area (Å²) in [6.45, 7) is 4.00. The lowest BCUT2D eigenvalue weighted by atomic mass is 10.2. The molecule has 23 heavy (non-hydrogen) atoms. The molecule has 122 valence electrons. The molecule has 0 bridgehead atoms. The molecule has 1 amide bonds. The molecule has 0 aliphatic heterocycles. The van der Waals surface area contributed by atoms with Crippen LogP contribution >= 0.6 is 11.3 Å². The largest absolute Gasteiger partial charge is 0.482 e. The molecule has 0 radical (unpaired) electrons. The number of aliphatic carboxylic acids is 1. The Kier molecular flexibility index (Phi) is 5.70. The Morgan fingerprint density at radius 2 is 2.13 bits per heavy atom. The number of aryl methyl sites for hydroxylation is 2. The summed E-state index contributed by atoms with van der Waals surface area (Å²) in [5, 5.41) is 12.5. The van der Waals surface area contributed by atoms with E-state index in [0.29, 0.717) is 17.9 Å². The van der Waals surface area contributed by atoms with Crippen molar-refractivity contribution in [1.82, 2.24) is 10.3 Å². The smallest absolute Gasteiger partial charge is 0.341 e. The number of nitrogens with one attached hydrogen (secondary N) is 1. The third kappa shape index (κ3) is 5.07. The van der Waals surface area contributed by atoms with E-state index in [-0.39, 0.29) is 5.91 Å². The van der Waals surface area contributed by atoms with E-state index in [4.69, 9.17) is 9.84 Å². The molecular formula is C16H18N2O4S. The molecular weight excluding hydrogens is 316 g/mol. The molecule has 0 aliphatic rings. The SMILES string of the molecule is Cc1nc(C)c(CCNC(=O)c2cccc(OCC(=O)O)c2)s1. The molecule has 1 aromatic carbocycles. The minimum absolute atomic E-state index is 0.218. The number of ether oxygens (including phenoxy) is 1. The van der Waals surface area contributed by atoms with Gasteiger partial charge in [-0.15, -0.1) is 11.3 Å². The van der Waals surface area contributed by atoms with Crippen LogP contribution in [0.2, 0.25) is 0 Å². The zero-order chi connectivity index (χ0) is 16.8. The van der Waals surface area contributed by atoms with Crippen LogP contribution in [0.3, 0.4) is 0 Å². The maximum absolute atomic E-state index is 12.1. The lowest BCUT2D eigenvalue weighted by molar-refractivity contribution is -0.139. The Bertz CT molecular complexity index is 712. The maximum atomic E-state index is 12.1. The van der Waals surface area contributed by atoms with Crippen LogP contribution in [-0.4, -0.2) is 35.1 Å². The number of aromatic nitrogens is 1. The van der Waals surface area contributed by atoms with Crippen molar-refractivity contribution >= 4 is 23.2 Å². The fraction of sp³-hybridized carbons (Fsp3) is 0.312. The van der Waals surface area contributed by atoms with Gasteiger partial charge in [-0.2, -0.15) is 0 Å². The highest BCUT2D eigenvalue weighted by Crippen LogP contribution is 2.17. The van der Waals surface area contributed by atoms with Crippen molar-refractivity contribution in [1.29, 1.82) is 0 Å². The van der Waals surface area contributed by atoms with E-state index in [9.17, 15) is 9.59 Å². The first-order chi connectivity index (χ1) is 11.0. The van der Waals surface area contributed by atoms with Crippen molar-refractivity contribution in [2.24, 2.45) is 0 Å². The number of carbonyl (C=O) groups is 2. The van der Waals surface area contributed by atoms with Crippen molar-refractivity contribution < 1.29 is 19.4 Å². The third-order valence-electron chi connectivity index (χ3n) is 3.10. The number of carboxylic acid groups (broad SMARTS) is 1. The van der Waals surface area contributed by atoms with Gasteiger partial charge in [-0.3, -0.25) is 4.79 Å². The number of carboxylic acids is 1. The van der Waals surface area contributed by atoms with E-state index in [1.165, 1.54) is 10.9 Å². The van der Waals surface area contributed by atoms with Gasteiger partial charge in [0.15, 0.2) is 6.61 Å². The summed E-state index contributed by atoms with van der Waals surface area (Å²) in [5.74, 6) is -0.922. The van der Waals surface area contributed by atoms with Crippen LogP contribution in [0.5, 0.6) is 5.75 Å². The lowest BCUT2D eigenvalue weighted by Gasteiger charge is -2.07. The highest BCUT2D eigenvalue weighted by Gasteiger charge is 2.09. The molecule has 0 saturated carbocycles. The van der Waals surface area contributed by atoms with Gasteiger partial charge >= 0.3 is 5.97 Å². The summed E-state index contributed by atoms with van der Waals surface area (Å²) in [5.41, 5.74) is 1.44. The van der Waals surface area contributed by atoms with Gasteiger partial charge in [0.25, 0.3) is 5.91 Å².